The summed E-state index contributed by atoms with van der Waals surface area (Å²) < 4.78 is 27.3. The van der Waals surface area contributed by atoms with Crippen molar-refractivity contribution in [2.75, 3.05) is 56.0 Å². The summed E-state index contributed by atoms with van der Waals surface area (Å²) in [7, 11) is -3.55. The fourth-order valence-electron chi connectivity index (χ4n) is 3.67. The van der Waals surface area contributed by atoms with Crippen molar-refractivity contribution >= 4 is 44.1 Å². The zero-order valence-corrected chi connectivity index (χ0v) is 19.4. The van der Waals surface area contributed by atoms with Crippen LogP contribution in [0.1, 0.15) is 12.6 Å². The van der Waals surface area contributed by atoms with E-state index >= 15 is 0 Å². The van der Waals surface area contributed by atoms with Crippen molar-refractivity contribution in [3.63, 3.8) is 0 Å². The van der Waals surface area contributed by atoms with Crippen molar-refractivity contribution in [1.29, 1.82) is 0 Å². The van der Waals surface area contributed by atoms with Crippen molar-refractivity contribution in [2.45, 2.75) is 18.2 Å². The summed E-state index contributed by atoms with van der Waals surface area (Å²) in [5.74, 6) is -0.265. The van der Waals surface area contributed by atoms with E-state index in [1.807, 2.05) is 0 Å². The SMILES string of the molecule is CCN1CCN(S(=O)(=O)c2ccc(NC(=O)Cc3csc(N4CCNC4=O)n3)cc2)CC1. The number of carbonyl (C=O) groups is 2. The van der Waals surface area contributed by atoms with Crippen LogP contribution in [-0.2, 0) is 21.2 Å². The minimum atomic E-state index is -3.55. The Labute approximate surface area is 191 Å². The van der Waals surface area contributed by atoms with Gasteiger partial charge in [0.2, 0.25) is 15.9 Å². The number of nitrogens with one attached hydrogen (secondary N) is 2. The van der Waals surface area contributed by atoms with Crippen LogP contribution in [-0.4, -0.2) is 80.4 Å². The Bertz CT molecular complexity index is 1080. The molecule has 2 fully saturated rings. The van der Waals surface area contributed by atoms with Gasteiger partial charge in [-0.15, -0.1) is 11.3 Å². The smallest absolute Gasteiger partial charge is 0.323 e. The molecule has 1 aromatic heterocycles. The molecule has 0 saturated carbocycles. The minimum absolute atomic E-state index is 0.0632. The predicted molar refractivity (Wildman–Crippen MR) is 123 cm³/mol. The van der Waals surface area contributed by atoms with Crippen LogP contribution in [0.5, 0.6) is 0 Å². The second-order valence-electron chi connectivity index (χ2n) is 7.59. The highest BCUT2D eigenvalue weighted by Gasteiger charge is 2.28. The molecule has 1 aromatic carbocycles. The molecule has 172 valence electrons. The molecule has 4 rings (SSSR count). The molecule has 2 aromatic rings. The molecule has 3 amide bonds. The lowest BCUT2D eigenvalue weighted by Gasteiger charge is -2.33. The Hall–Kier alpha value is -2.54. The molecule has 32 heavy (non-hydrogen) atoms. The van der Waals surface area contributed by atoms with Crippen LogP contribution in [0.15, 0.2) is 34.5 Å². The summed E-state index contributed by atoms with van der Waals surface area (Å²) in [6, 6.07) is 6.04. The molecule has 3 heterocycles. The quantitative estimate of drug-likeness (QED) is 0.618. The lowest BCUT2D eigenvalue weighted by molar-refractivity contribution is -0.115. The molecule has 2 aliphatic heterocycles. The molecule has 2 aliphatic rings. The zero-order valence-electron chi connectivity index (χ0n) is 17.8. The van der Waals surface area contributed by atoms with Crippen molar-refractivity contribution in [3.05, 3.63) is 35.3 Å². The van der Waals surface area contributed by atoms with Crippen LogP contribution in [0, 0.1) is 0 Å². The van der Waals surface area contributed by atoms with E-state index in [4.69, 9.17) is 0 Å². The first-order valence-corrected chi connectivity index (χ1v) is 12.8. The van der Waals surface area contributed by atoms with Crippen LogP contribution >= 0.6 is 11.3 Å². The number of benzene rings is 1. The fourth-order valence-corrected chi connectivity index (χ4v) is 5.94. The Kier molecular flexibility index (Phi) is 6.74. The lowest BCUT2D eigenvalue weighted by Crippen LogP contribution is -2.48. The highest BCUT2D eigenvalue weighted by molar-refractivity contribution is 7.89. The Morgan fingerprint density at radius 3 is 2.50 bits per heavy atom. The summed E-state index contributed by atoms with van der Waals surface area (Å²) in [4.78, 5) is 32.5. The third kappa shape index (κ3) is 4.93. The maximum atomic E-state index is 12.9. The van der Waals surface area contributed by atoms with Crippen LogP contribution < -0.4 is 15.5 Å². The summed E-state index contributed by atoms with van der Waals surface area (Å²) >= 11 is 1.32. The molecule has 12 heteroatoms. The number of amides is 3. The van der Waals surface area contributed by atoms with Gasteiger partial charge in [-0.05, 0) is 30.8 Å². The maximum absolute atomic E-state index is 12.9. The van der Waals surface area contributed by atoms with E-state index in [9.17, 15) is 18.0 Å². The summed E-state index contributed by atoms with van der Waals surface area (Å²) in [6.45, 7) is 6.52. The number of hydrogen-bond donors (Lipinski definition) is 2. The number of nitrogens with zero attached hydrogens (tertiary/aromatic N) is 4. The Balaban J connectivity index is 1.34. The van der Waals surface area contributed by atoms with Gasteiger partial charge in [0.25, 0.3) is 0 Å². The average Bonchev–Trinajstić information content (AvgIpc) is 3.42. The number of anilines is 2. The van der Waals surface area contributed by atoms with E-state index < -0.39 is 10.0 Å². The van der Waals surface area contributed by atoms with E-state index in [1.165, 1.54) is 27.8 Å². The first kappa shape index (κ1) is 22.6. The Morgan fingerprint density at radius 2 is 1.88 bits per heavy atom. The summed E-state index contributed by atoms with van der Waals surface area (Å²) in [6.07, 6.45) is 0.0632. The minimum Gasteiger partial charge on any atom is -0.336 e. The first-order chi connectivity index (χ1) is 15.4. The van der Waals surface area contributed by atoms with Gasteiger partial charge in [-0.3, -0.25) is 9.69 Å². The van der Waals surface area contributed by atoms with E-state index in [0.717, 1.165) is 19.6 Å². The molecule has 2 N–H and O–H groups in total. The number of hydrogen-bond acceptors (Lipinski definition) is 7. The van der Waals surface area contributed by atoms with Gasteiger partial charge in [0.1, 0.15) is 0 Å². The number of thiazole rings is 1. The lowest BCUT2D eigenvalue weighted by atomic mass is 10.3. The monoisotopic (exact) mass is 478 g/mol. The Morgan fingerprint density at radius 1 is 1.16 bits per heavy atom. The molecular formula is C20H26N6O4S2. The molecule has 0 atom stereocenters. The second-order valence-corrected chi connectivity index (χ2v) is 10.4. The summed E-state index contributed by atoms with van der Waals surface area (Å²) in [5, 5.41) is 7.81. The van der Waals surface area contributed by atoms with E-state index in [1.54, 1.807) is 22.4 Å². The molecule has 0 spiro atoms. The topological polar surface area (TPSA) is 115 Å². The van der Waals surface area contributed by atoms with Gasteiger partial charge in [-0.2, -0.15) is 4.31 Å². The molecule has 0 aliphatic carbocycles. The first-order valence-electron chi connectivity index (χ1n) is 10.5. The van der Waals surface area contributed by atoms with Crippen molar-refractivity contribution < 1.29 is 18.0 Å². The second kappa shape index (κ2) is 9.53. The van der Waals surface area contributed by atoms with E-state index in [0.29, 0.717) is 42.7 Å². The molecule has 0 radical (unpaired) electrons. The van der Waals surface area contributed by atoms with Crippen LogP contribution in [0.4, 0.5) is 15.6 Å². The van der Waals surface area contributed by atoms with Gasteiger partial charge in [0, 0.05) is 50.3 Å². The molecule has 0 unspecified atom stereocenters. The van der Waals surface area contributed by atoms with Crippen LogP contribution in [0.25, 0.3) is 0 Å². The fraction of sp³-hybridized carbons (Fsp3) is 0.450. The number of rotatable bonds is 7. The third-order valence-electron chi connectivity index (χ3n) is 5.52. The molecule has 10 nitrogen and oxygen atoms in total. The largest absolute Gasteiger partial charge is 0.336 e. The number of piperazine rings is 1. The number of sulfonamides is 1. The van der Waals surface area contributed by atoms with Crippen molar-refractivity contribution in [3.8, 4) is 0 Å². The van der Waals surface area contributed by atoms with Crippen LogP contribution in [0.3, 0.4) is 0 Å². The number of urea groups is 1. The van der Waals surface area contributed by atoms with Gasteiger partial charge < -0.3 is 15.5 Å². The number of carbonyl (C=O) groups excluding carboxylic acids is 2. The van der Waals surface area contributed by atoms with Crippen molar-refractivity contribution in [2.24, 2.45) is 0 Å². The van der Waals surface area contributed by atoms with Gasteiger partial charge in [-0.1, -0.05) is 6.92 Å². The molecule has 2 saturated heterocycles. The number of aromatic nitrogens is 1. The predicted octanol–water partition coefficient (Wildman–Crippen LogP) is 1.18. The third-order valence-corrected chi connectivity index (χ3v) is 8.35. The summed E-state index contributed by atoms with van der Waals surface area (Å²) in [5.41, 5.74) is 1.09. The zero-order chi connectivity index (χ0) is 22.7. The average molecular weight is 479 g/mol. The van der Waals surface area contributed by atoms with Gasteiger partial charge in [-0.25, -0.2) is 18.2 Å². The highest BCUT2D eigenvalue weighted by atomic mass is 32.2. The highest BCUT2D eigenvalue weighted by Crippen LogP contribution is 2.23. The normalized spacial score (nSPS) is 18.0. The maximum Gasteiger partial charge on any atom is 0.323 e. The van der Waals surface area contributed by atoms with Gasteiger partial charge in [0.15, 0.2) is 5.13 Å². The van der Waals surface area contributed by atoms with E-state index in [2.05, 4.69) is 27.4 Å². The molecule has 0 bridgehead atoms. The van der Waals surface area contributed by atoms with Gasteiger partial charge in [0.05, 0.1) is 17.0 Å². The van der Waals surface area contributed by atoms with E-state index in [-0.39, 0.29) is 23.3 Å². The van der Waals surface area contributed by atoms with Crippen molar-refractivity contribution in [1.82, 2.24) is 19.5 Å². The van der Waals surface area contributed by atoms with Crippen LogP contribution in [0.2, 0.25) is 0 Å². The standard InChI is InChI=1S/C20H26N6O4S2/c1-2-24-9-11-25(12-10-24)32(29,30)17-5-3-15(4-6-17)22-18(27)13-16-14-31-20(23-16)26-8-7-21-19(26)28/h3-6,14H,2,7-13H2,1H3,(H,21,28)(H,22,27). The van der Waals surface area contributed by atoms with Gasteiger partial charge >= 0.3 is 6.03 Å². The number of likely N-dealkylation sites (N-methyl/N-ethyl adjacent to an activating group) is 1. The molecular weight excluding hydrogens is 452 g/mol.